The van der Waals surface area contributed by atoms with Crippen molar-refractivity contribution < 1.29 is 4.79 Å². The largest absolute Gasteiger partial charge is 0.304 e. The van der Waals surface area contributed by atoms with E-state index in [9.17, 15) is 4.79 Å². The molecule has 5 nitrogen and oxygen atoms in total. The average Bonchev–Trinajstić information content (AvgIpc) is 2.64. The summed E-state index contributed by atoms with van der Waals surface area (Å²) in [5, 5.41) is 7.11. The molecule has 0 aliphatic rings. The minimum absolute atomic E-state index is 0.262. The Hall–Kier alpha value is -1.88. The van der Waals surface area contributed by atoms with Crippen LogP contribution < -0.4 is 5.32 Å². The maximum atomic E-state index is 11.7. The van der Waals surface area contributed by atoms with Crippen molar-refractivity contribution in [3.8, 4) is 0 Å². The van der Waals surface area contributed by atoms with Gasteiger partial charge < -0.3 is 5.32 Å². The van der Waals surface area contributed by atoms with Crippen LogP contribution >= 0.6 is 11.6 Å². The predicted molar refractivity (Wildman–Crippen MR) is 60.4 cm³/mol. The fourth-order valence-electron chi connectivity index (χ4n) is 1.19. The van der Waals surface area contributed by atoms with Crippen LogP contribution in [0.4, 0.5) is 5.82 Å². The topological polar surface area (TPSA) is 59.8 Å². The van der Waals surface area contributed by atoms with Crippen molar-refractivity contribution in [2.24, 2.45) is 7.05 Å². The molecule has 2 rings (SSSR count). The number of rotatable bonds is 2. The third-order valence-corrected chi connectivity index (χ3v) is 2.14. The number of nitrogens with zero attached hydrogens (tertiary/aromatic N) is 3. The number of carbonyl (C=O) groups is 1. The van der Waals surface area contributed by atoms with E-state index in [1.165, 1.54) is 12.3 Å². The first kappa shape index (κ1) is 10.6. The lowest BCUT2D eigenvalue weighted by molar-refractivity contribution is 0.102. The molecular formula is C10H9ClN4O. The van der Waals surface area contributed by atoms with Gasteiger partial charge in [0.05, 0.1) is 0 Å². The number of amides is 1. The van der Waals surface area contributed by atoms with E-state index < -0.39 is 0 Å². The molecule has 0 spiro atoms. The van der Waals surface area contributed by atoms with E-state index in [-0.39, 0.29) is 11.6 Å². The van der Waals surface area contributed by atoms with Gasteiger partial charge in [-0.05, 0) is 12.1 Å². The van der Waals surface area contributed by atoms with E-state index in [4.69, 9.17) is 11.6 Å². The molecule has 0 radical (unpaired) electrons. The molecule has 0 unspecified atom stereocenters. The first-order valence-electron chi connectivity index (χ1n) is 4.58. The van der Waals surface area contributed by atoms with E-state index in [2.05, 4.69) is 15.4 Å². The smallest absolute Gasteiger partial charge is 0.275 e. The Morgan fingerprint density at radius 2 is 2.31 bits per heavy atom. The lowest BCUT2D eigenvalue weighted by Crippen LogP contribution is -2.14. The number of hydrogen-bond acceptors (Lipinski definition) is 3. The summed E-state index contributed by atoms with van der Waals surface area (Å²) in [7, 11) is 1.77. The molecule has 0 aromatic carbocycles. The van der Waals surface area contributed by atoms with Crippen LogP contribution in [0.3, 0.4) is 0 Å². The van der Waals surface area contributed by atoms with E-state index in [0.29, 0.717) is 10.8 Å². The molecule has 0 aliphatic heterocycles. The summed E-state index contributed by atoms with van der Waals surface area (Å²) in [5.74, 6) is 0.149. The van der Waals surface area contributed by atoms with Crippen molar-refractivity contribution in [3.05, 3.63) is 41.3 Å². The Balaban J connectivity index is 2.14. The van der Waals surface area contributed by atoms with Crippen molar-refractivity contribution in [1.29, 1.82) is 0 Å². The summed E-state index contributed by atoms with van der Waals surface area (Å²) < 4.78 is 1.60. The molecule has 2 aromatic rings. The summed E-state index contributed by atoms with van der Waals surface area (Å²) >= 11 is 5.76. The monoisotopic (exact) mass is 236 g/mol. The third-order valence-electron chi connectivity index (χ3n) is 1.91. The Bertz CT molecular complexity index is 523. The number of nitrogens with one attached hydrogen (secondary N) is 1. The van der Waals surface area contributed by atoms with E-state index >= 15 is 0 Å². The van der Waals surface area contributed by atoms with Crippen LogP contribution in [0.15, 0.2) is 30.6 Å². The number of aryl methyl sites for hydroxylation is 1. The highest BCUT2D eigenvalue weighted by molar-refractivity contribution is 6.30. The molecule has 2 aromatic heterocycles. The highest BCUT2D eigenvalue weighted by Gasteiger charge is 2.09. The number of halogens is 1. The van der Waals surface area contributed by atoms with Gasteiger partial charge in [-0.3, -0.25) is 14.5 Å². The Morgan fingerprint density at radius 1 is 1.50 bits per heavy atom. The molecule has 0 atom stereocenters. The first-order chi connectivity index (χ1) is 7.65. The van der Waals surface area contributed by atoms with Gasteiger partial charge in [-0.1, -0.05) is 11.6 Å². The zero-order valence-corrected chi connectivity index (χ0v) is 9.27. The molecule has 1 N–H and O–H groups in total. The molecule has 0 bridgehead atoms. The number of pyridine rings is 1. The van der Waals surface area contributed by atoms with Crippen LogP contribution in [0.2, 0.25) is 5.02 Å². The van der Waals surface area contributed by atoms with Gasteiger partial charge in [-0.25, -0.2) is 0 Å². The van der Waals surface area contributed by atoms with Crippen LogP contribution in [0.25, 0.3) is 0 Å². The number of hydrogen-bond donors (Lipinski definition) is 1. The second-order valence-electron chi connectivity index (χ2n) is 3.19. The van der Waals surface area contributed by atoms with Gasteiger partial charge in [0.25, 0.3) is 5.91 Å². The minimum Gasteiger partial charge on any atom is -0.304 e. The van der Waals surface area contributed by atoms with E-state index in [1.54, 1.807) is 30.1 Å². The summed E-state index contributed by atoms with van der Waals surface area (Å²) in [6, 6.07) is 4.81. The van der Waals surface area contributed by atoms with Crippen LogP contribution in [-0.4, -0.2) is 20.7 Å². The highest BCUT2D eigenvalue weighted by atomic mass is 35.5. The first-order valence-corrected chi connectivity index (χ1v) is 4.95. The molecule has 0 saturated heterocycles. The van der Waals surface area contributed by atoms with Gasteiger partial charge in [0, 0.05) is 30.5 Å². The minimum atomic E-state index is -0.332. The third kappa shape index (κ3) is 2.38. The van der Waals surface area contributed by atoms with Crippen molar-refractivity contribution in [2.75, 3.05) is 5.32 Å². The summed E-state index contributed by atoms with van der Waals surface area (Å²) in [6.45, 7) is 0. The van der Waals surface area contributed by atoms with Crippen LogP contribution in [0, 0.1) is 0 Å². The van der Waals surface area contributed by atoms with Crippen LogP contribution in [-0.2, 0) is 7.05 Å². The summed E-state index contributed by atoms with van der Waals surface area (Å²) in [4.78, 5) is 15.6. The Kier molecular flexibility index (Phi) is 2.87. The number of carbonyl (C=O) groups excluding carboxylic acids is 1. The second-order valence-corrected chi connectivity index (χ2v) is 3.62. The number of aromatic nitrogens is 3. The molecule has 0 fully saturated rings. The SMILES string of the molecule is Cn1ccc(NC(=O)c2cc(Cl)ccn2)n1. The maximum absolute atomic E-state index is 11.7. The van der Waals surface area contributed by atoms with Crippen molar-refractivity contribution >= 4 is 23.3 Å². The van der Waals surface area contributed by atoms with Crippen molar-refractivity contribution in [1.82, 2.24) is 14.8 Å². The maximum Gasteiger partial charge on any atom is 0.275 e. The zero-order valence-electron chi connectivity index (χ0n) is 8.51. The van der Waals surface area contributed by atoms with Gasteiger partial charge >= 0.3 is 0 Å². The van der Waals surface area contributed by atoms with Crippen molar-refractivity contribution in [2.45, 2.75) is 0 Å². The van der Waals surface area contributed by atoms with Crippen LogP contribution in [0.5, 0.6) is 0 Å². The average molecular weight is 237 g/mol. The van der Waals surface area contributed by atoms with Gasteiger partial charge in [0.1, 0.15) is 5.69 Å². The lowest BCUT2D eigenvalue weighted by Gasteiger charge is -2.00. The van der Waals surface area contributed by atoms with Crippen molar-refractivity contribution in [3.63, 3.8) is 0 Å². The molecule has 0 aliphatic carbocycles. The highest BCUT2D eigenvalue weighted by Crippen LogP contribution is 2.09. The lowest BCUT2D eigenvalue weighted by atomic mass is 10.3. The van der Waals surface area contributed by atoms with Gasteiger partial charge in [0.15, 0.2) is 5.82 Å². The van der Waals surface area contributed by atoms with Gasteiger partial charge in [-0.2, -0.15) is 5.10 Å². The van der Waals surface area contributed by atoms with E-state index in [0.717, 1.165) is 0 Å². The Labute approximate surface area is 97.1 Å². The van der Waals surface area contributed by atoms with Crippen LogP contribution in [0.1, 0.15) is 10.5 Å². The fraction of sp³-hybridized carbons (Fsp3) is 0.100. The normalized spacial score (nSPS) is 10.1. The molecule has 1 amide bonds. The second kappa shape index (κ2) is 4.32. The molecule has 82 valence electrons. The van der Waals surface area contributed by atoms with Gasteiger partial charge in [-0.15, -0.1) is 0 Å². The molecule has 0 saturated carbocycles. The summed E-state index contributed by atoms with van der Waals surface area (Å²) in [5.41, 5.74) is 0.262. The fourth-order valence-corrected chi connectivity index (χ4v) is 1.35. The Morgan fingerprint density at radius 3 is 2.94 bits per heavy atom. The predicted octanol–water partition coefficient (Wildman–Crippen LogP) is 1.72. The van der Waals surface area contributed by atoms with Gasteiger partial charge in [0.2, 0.25) is 0 Å². The summed E-state index contributed by atoms with van der Waals surface area (Å²) in [6.07, 6.45) is 3.22. The molecular weight excluding hydrogens is 228 g/mol. The molecule has 6 heteroatoms. The number of anilines is 1. The standard InChI is InChI=1S/C10H9ClN4O/c1-15-5-3-9(14-15)13-10(16)8-6-7(11)2-4-12-8/h2-6H,1H3,(H,13,14,16). The molecule has 2 heterocycles. The van der Waals surface area contributed by atoms with E-state index in [1.807, 2.05) is 0 Å². The zero-order chi connectivity index (χ0) is 11.5. The molecule has 16 heavy (non-hydrogen) atoms. The quantitative estimate of drug-likeness (QED) is 0.864.